The second-order valence-corrected chi connectivity index (χ2v) is 8.87. The lowest BCUT2D eigenvalue weighted by atomic mass is 10.3. The van der Waals surface area contributed by atoms with Gasteiger partial charge in [-0.25, -0.2) is 9.67 Å². The first kappa shape index (κ1) is 18.8. The number of aromatic nitrogens is 3. The number of anilines is 2. The van der Waals surface area contributed by atoms with E-state index >= 15 is 0 Å². The number of thiophene rings is 1. The summed E-state index contributed by atoms with van der Waals surface area (Å²) in [5.41, 5.74) is 1.59. The maximum atomic E-state index is 12.5. The maximum absolute atomic E-state index is 12.5. The van der Waals surface area contributed by atoms with Crippen LogP contribution < -0.4 is 10.6 Å². The van der Waals surface area contributed by atoms with Gasteiger partial charge in [-0.2, -0.15) is 5.10 Å². The predicted molar refractivity (Wildman–Crippen MR) is 111 cm³/mol. The zero-order valence-corrected chi connectivity index (χ0v) is 17.1. The Kier molecular flexibility index (Phi) is 5.54. The van der Waals surface area contributed by atoms with Crippen LogP contribution in [-0.2, 0) is 29.0 Å². The molecule has 0 bridgehead atoms. The number of aryl methyl sites for hydroxylation is 1. The van der Waals surface area contributed by atoms with Crippen molar-refractivity contribution in [1.82, 2.24) is 14.8 Å². The van der Waals surface area contributed by atoms with Crippen molar-refractivity contribution < 1.29 is 9.59 Å². The number of carbonyl (C=O) groups excluding carboxylic acids is 2. The van der Waals surface area contributed by atoms with E-state index in [-0.39, 0.29) is 18.2 Å². The molecule has 2 amide bonds. The normalized spacial score (nSPS) is 13.5. The van der Waals surface area contributed by atoms with Crippen molar-refractivity contribution in [3.05, 3.63) is 45.2 Å². The van der Waals surface area contributed by atoms with Crippen LogP contribution in [0.2, 0.25) is 0 Å². The van der Waals surface area contributed by atoms with Gasteiger partial charge in [0.25, 0.3) is 0 Å². The second-order valence-electron chi connectivity index (χ2n) is 6.97. The molecule has 3 heterocycles. The molecule has 1 saturated carbocycles. The third-order valence-electron chi connectivity index (χ3n) is 4.46. The number of nitrogens with zero attached hydrogens (tertiary/aromatic N) is 3. The van der Waals surface area contributed by atoms with Crippen LogP contribution in [0.4, 0.5) is 10.9 Å². The van der Waals surface area contributed by atoms with Gasteiger partial charge >= 0.3 is 0 Å². The lowest BCUT2D eigenvalue weighted by Crippen LogP contribution is -2.19. The molecule has 4 rings (SSSR count). The smallest absolute Gasteiger partial charge is 0.231 e. The number of rotatable bonds is 8. The molecule has 0 aliphatic heterocycles. The van der Waals surface area contributed by atoms with Crippen molar-refractivity contribution in [2.45, 2.75) is 39.2 Å². The molecule has 0 spiro atoms. The number of hydrogen-bond acceptors (Lipinski definition) is 6. The number of hydrogen-bond donors (Lipinski definition) is 2. The molecular weight excluding hydrogens is 394 g/mol. The summed E-state index contributed by atoms with van der Waals surface area (Å²) in [6, 6.07) is 3.85. The highest BCUT2D eigenvalue weighted by Crippen LogP contribution is 2.32. The highest BCUT2D eigenvalue weighted by molar-refractivity contribution is 7.14. The van der Waals surface area contributed by atoms with Crippen molar-refractivity contribution in [3.63, 3.8) is 0 Å². The van der Waals surface area contributed by atoms with Crippen LogP contribution in [0.15, 0.2) is 29.1 Å². The minimum Gasteiger partial charge on any atom is -0.310 e. The zero-order valence-electron chi connectivity index (χ0n) is 15.5. The SMILES string of the molecule is Cc1cnn(CC2CC2)c1NC(=O)Cc1csc(NC(=O)Cc2cccs2)n1. The summed E-state index contributed by atoms with van der Waals surface area (Å²) in [6.45, 7) is 2.79. The fraction of sp³-hybridized carbons (Fsp3) is 0.368. The molecule has 0 atom stereocenters. The van der Waals surface area contributed by atoms with Crippen molar-refractivity contribution in [3.8, 4) is 0 Å². The van der Waals surface area contributed by atoms with Crippen LogP contribution in [0.3, 0.4) is 0 Å². The Bertz CT molecular complexity index is 973. The first-order valence-electron chi connectivity index (χ1n) is 9.15. The van der Waals surface area contributed by atoms with Gasteiger partial charge < -0.3 is 10.6 Å². The van der Waals surface area contributed by atoms with Gasteiger partial charge in [0.05, 0.1) is 24.7 Å². The Morgan fingerprint density at radius 2 is 2.04 bits per heavy atom. The van der Waals surface area contributed by atoms with Gasteiger partial charge in [0, 0.05) is 22.4 Å². The summed E-state index contributed by atoms with van der Waals surface area (Å²) < 4.78 is 1.88. The van der Waals surface area contributed by atoms with Gasteiger partial charge in [-0.1, -0.05) is 6.07 Å². The van der Waals surface area contributed by atoms with Crippen LogP contribution in [0.5, 0.6) is 0 Å². The van der Waals surface area contributed by atoms with Crippen LogP contribution in [-0.4, -0.2) is 26.6 Å². The lowest BCUT2D eigenvalue weighted by molar-refractivity contribution is -0.116. The highest BCUT2D eigenvalue weighted by atomic mass is 32.1. The van der Waals surface area contributed by atoms with Gasteiger partial charge in [0.15, 0.2) is 5.13 Å². The molecule has 0 saturated heterocycles. The van der Waals surface area contributed by atoms with E-state index in [1.54, 1.807) is 22.9 Å². The third-order valence-corrected chi connectivity index (χ3v) is 6.15. The van der Waals surface area contributed by atoms with E-state index < -0.39 is 0 Å². The summed E-state index contributed by atoms with van der Waals surface area (Å²) in [5, 5.41) is 14.4. The molecule has 28 heavy (non-hydrogen) atoms. The van der Waals surface area contributed by atoms with E-state index in [4.69, 9.17) is 0 Å². The highest BCUT2D eigenvalue weighted by Gasteiger charge is 2.24. The Morgan fingerprint density at radius 3 is 2.79 bits per heavy atom. The third kappa shape index (κ3) is 4.85. The first-order chi connectivity index (χ1) is 13.6. The van der Waals surface area contributed by atoms with E-state index in [0.717, 1.165) is 22.8 Å². The molecule has 7 nitrogen and oxygen atoms in total. The number of amides is 2. The Labute approximate surface area is 170 Å². The quantitative estimate of drug-likeness (QED) is 0.589. The molecule has 1 aliphatic carbocycles. The zero-order chi connectivity index (χ0) is 19.5. The van der Waals surface area contributed by atoms with E-state index in [0.29, 0.717) is 23.2 Å². The summed E-state index contributed by atoms with van der Waals surface area (Å²) >= 11 is 2.88. The fourth-order valence-electron chi connectivity index (χ4n) is 2.85. The van der Waals surface area contributed by atoms with Crippen molar-refractivity contribution in [2.75, 3.05) is 10.6 Å². The largest absolute Gasteiger partial charge is 0.310 e. The summed E-state index contributed by atoms with van der Waals surface area (Å²) in [6.07, 6.45) is 4.73. The van der Waals surface area contributed by atoms with Crippen LogP contribution in [0.25, 0.3) is 0 Å². The minimum atomic E-state index is -0.137. The molecular formula is C19H21N5O2S2. The van der Waals surface area contributed by atoms with Crippen LogP contribution >= 0.6 is 22.7 Å². The Morgan fingerprint density at radius 1 is 1.21 bits per heavy atom. The Balaban J connectivity index is 1.31. The molecule has 2 N–H and O–H groups in total. The monoisotopic (exact) mass is 415 g/mol. The van der Waals surface area contributed by atoms with E-state index in [2.05, 4.69) is 20.7 Å². The van der Waals surface area contributed by atoms with E-state index in [9.17, 15) is 9.59 Å². The summed E-state index contributed by atoms with van der Waals surface area (Å²) in [5.74, 6) is 1.19. The van der Waals surface area contributed by atoms with Gasteiger partial charge in [-0.3, -0.25) is 9.59 Å². The van der Waals surface area contributed by atoms with Crippen LogP contribution in [0.1, 0.15) is 29.0 Å². The molecule has 1 aliphatic rings. The number of nitrogens with one attached hydrogen (secondary N) is 2. The molecule has 9 heteroatoms. The number of carbonyl (C=O) groups is 2. The van der Waals surface area contributed by atoms with Crippen molar-refractivity contribution >= 4 is 45.4 Å². The van der Waals surface area contributed by atoms with Crippen LogP contribution in [0, 0.1) is 12.8 Å². The minimum absolute atomic E-state index is 0.104. The average Bonchev–Trinajstić information content (AvgIpc) is 2.99. The Hall–Kier alpha value is -2.52. The van der Waals surface area contributed by atoms with Gasteiger partial charge in [0.2, 0.25) is 11.8 Å². The molecule has 0 unspecified atom stereocenters. The fourth-order valence-corrected chi connectivity index (χ4v) is 4.28. The standard InChI is InChI=1S/C19H21N5O2S2/c1-12-9-20-24(10-13-4-5-13)18(12)22-16(25)7-14-11-28-19(21-14)23-17(26)8-15-3-2-6-27-15/h2-3,6,9,11,13H,4-5,7-8,10H2,1H3,(H,22,25)(H,21,23,26). The first-order valence-corrected chi connectivity index (χ1v) is 10.9. The van der Waals surface area contributed by atoms with Crippen molar-refractivity contribution in [2.24, 2.45) is 5.92 Å². The topological polar surface area (TPSA) is 88.9 Å². The molecule has 1 fully saturated rings. The number of thiazole rings is 1. The van der Waals surface area contributed by atoms with Gasteiger partial charge in [-0.05, 0) is 37.1 Å². The predicted octanol–water partition coefficient (Wildman–Crippen LogP) is 3.48. The summed E-state index contributed by atoms with van der Waals surface area (Å²) in [7, 11) is 0. The molecule has 0 radical (unpaired) electrons. The maximum Gasteiger partial charge on any atom is 0.231 e. The molecule has 3 aromatic heterocycles. The van der Waals surface area contributed by atoms with E-state index in [1.807, 2.05) is 29.1 Å². The van der Waals surface area contributed by atoms with Gasteiger partial charge in [-0.15, -0.1) is 22.7 Å². The molecule has 146 valence electrons. The average molecular weight is 416 g/mol. The summed E-state index contributed by atoms with van der Waals surface area (Å²) in [4.78, 5) is 29.9. The van der Waals surface area contributed by atoms with E-state index in [1.165, 1.54) is 24.2 Å². The molecule has 3 aromatic rings. The second kappa shape index (κ2) is 8.24. The molecule has 0 aromatic carbocycles. The van der Waals surface area contributed by atoms with Gasteiger partial charge in [0.1, 0.15) is 5.82 Å². The lowest BCUT2D eigenvalue weighted by Gasteiger charge is -2.09. The van der Waals surface area contributed by atoms with Crippen molar-refractivity contribution in [1.29, 1.82) is 0 Å².